The van der Waals surface area contributed by atoms with Crippen LogP contribution < -0.4 is 5.32 Å². The molecule has 1 aromatic rings. The van der Waals surface area contributed by atoms with Crippen molar-refractivity contribution < 1.29 is 4.39 Å². The van der Waals surface area contributed by atoms with Crippen LogP contribution in [0.1, 0.15) is 11.1 Å². The van der Waals surface area contributed by atoms with Crippen LogP contribution in [0.2, 0.25) is 0 Å². The lowest BCUT2D eigenvalue weighted by atomic mass is 10.1. The molecule has 1 aromatic carbocycles. The summed E-state index contributed by atoms with van der Waals surface area (Å²) in [5, 5.41) is 2.91. The van der Waals surface area contributed by atoms with Crippen molar-refractivity contribution in [1.82, 2.24) is 5.32 Å². The number of nitrogens with one attached hydrogen (secondary N) is 1. The Morgan fingerprint density at radius 1 is 1.45 bits per heavy atom. The number of hydrogen-bond acceptors (Lipinski definition) is 1. The van der Waals surface area contributed by atoms with E-state index < -0.39 is 0 Å². The van der Waals surface area contributed by atoms with Gasteiger partial charge in [0, 0.05) is 12.1 Å². The summed E-state index contributed by atoms with van der Waals surface area (Å²) in [6.45, 7) is 2.36. The van der Waals surface area contributed by atoms with Crippen molar-refractivity contribution >= 4 is 0 Å². The van der Waals surface area contributed by atoms with Crippen LogP contribution in [0, 0.1) is 12.7 Å². The quantitative estimate of drug-likeness (QED) is 0.683. The molecule has 0 amide bonds. The van der Waals surface area contributed by atoms with Crippen LogP contribution in [0.5, 0.6) is 0 Å². The van der Waals surface area contributed by atoms with Gasteiger partial charge >= 0.3 is 0 Å². The molecule has 0 heterocycles. The Balaban J connectivity index is 2.96. The minimum absolute atomic E-state index is 0.0955. The van der Waals surface area contributed by atoms with Crippen molar-refractivity contribution in [1.29, 1.82) is 0 Å². The summed E-state index contributed by atoms with van der Waals surface area (Å²) in [7, 11) is 1.81. The van der Waals surface area contributed by atoms with Crippen molar-refractivity contribution in [3.8, 4) is 0 Å². The van der Waals surface area contributed by atoms with Gasteiger partial charge in [-0.15, -0.1) is 0 Å². The first-order chi connectivity index (χ1) is 5.25. The van der Waals surface area contributed by atoms with E-state index >= 15 is 0 Å². The molecule has 1 N–H and O–H groups in total. The second-order valence-corrected chi connectivity index (χ2v) is 2.58. The summed E-state index contributed by atoms with van der Waals surface area (Å²) in [4.78, 5) is 0. The molecule has 1 nitrogen and oxygen atoms in total. The SMILES string of the molecule is CNCc1cccc(C)c1F. The summed E-state index contributed by atoms with van der Waals surface area (Å²) < 4.78 is 13.1. The Kier molecular flexibility index (Phi) is 2.60. The number of rotatable bonds is 2. The maximum absolute atomic E-state index is 13.1. The third-order valence-electron chi connectivity index (χ3n) is 1.64. The van der Waals surface area contributed by atoms with Gasteiger partial charge in [0.25, 0.3) is 0 Å². The highest BCUT2D eigenvalue weighted by molar-refractivity contribution is 5.24. The third kappa shape index (κ3) is 1.77. The monoisotopic (exact) mass is 153 g/mol. The standard InChI is InChI=1S/C9H12FN/c1-7-4-3-5-8(6-11-2)9(7)10/h3-5,11H,6H2,1-2H3. The van der Waals surface area contributed by atoms with Gasteiger partial charge < -0.3 is 5.32 Å². The lowest BCUT2D eigenvalue weighted by Crippen LogP contribution is -2.07. The molecule has 1 rings (SSSR count). The van der Waals surface area contributed by atoms with Crippen molar-refractivity contribution in [2.24, 2.45) is 0 Å². The number of hydrogen-bond donors (Lipinski definition) is 1. The lowest BCUT2D eigenvalue weighted by Gasteiger charge is -2.03. The minimum atomic E-state index is -0.0955. The maximum atomic E-state index is 13.1. The van der Waals surface area contributed by atoms with Crippen LogP contribution in [-0.2, 0) is 6.54 Å². The summed E-state index contributed by atoms with van der Waals surface area (Å²) in [5.41, 5.74) is 1.44. The van der Waals surface area contributed by atoms with Crippen molar-refractivity contribution in [3.63, 3.8) is 0 Å². The maximum Gasteiger partial charge on any atom is 0.130 e. The summed E-state index contributed by atoms with van der Waals surface area (Å²) >= 11 is 0. The van der Waals surface area contributed by atoms with E-state index in [0.29, 0.717) is 12.1 Å². The molecule has 0 fully saturated rings. The molecule has 60 valence electrons. The van der Waals surface area contributed by atoms with Crippen molar-refractivity contribution in [2.45, 2.75) is 13.5 Å². The smallest absolute Gasteiger partial charge is 0.130 e. The molecule has 0 aliphatic rings. The number of benzene rings is 1. The third-order valence-corrected chi connectivity index (χ3v) is 1.64. The van der Waals surface area contributed by atoms with Crippen molar-refractivity contribution in [3.05, 3.63) is 35.1 Å². The van der Waals surface area contributed by atoms with E-state index in [4.69, 9.17) is 0 Å². The second-order valence-electron chi connectivity index (χ2n) is 2.58. The van der Waals surface area contributed by atoms with Crippen LogP contribution in [0.15, 0.2) is 18.2 Å². The highest BCUT2D eigenvalue weighted by Gasteiger charge is 2.01. The zero-order valence-corrected chi connectivity index (χ0v) is 6.82. The highest BCUT2D eigenvalue weighted by atomic mass is 19.1. The van der Waals surface area contributed by atoms with Crippen LogP contribution in [0.4, 0.5) is 4.39 Å². The van der Waals surface area contributed by atoms with Gasteiger partial charge in [-0.3, -0.25) is 0 Å². The van der Waals surface area contributed by atoms with Crippen LogP contribution in [-0.4, -0.2) is 7.05 Å². The van der Waals surface area contributed by atoms with Gasteiger partial charge in [0.2, 0.25) is 0 Å². The average Bonchev–Trinajstić information content (AvgIpc) is 1.99. The van der Waals surface area contributed by atoms with E-state index in [9.17, 15) is 4.39 Å². The Hall–Kier alpha value is -0.890. The molecular formula is C9H12FN. The molecule has 0 spiro atoms. The first-order valence-corrected chi connectivity index (χ1v) is 3.64. The molecular weight excluding hydrogens is 141 g/mol. The molecule has 0 aromatic heterocycles. The van der Waals surface area contributed by atoms with Crippen LogP contribution in [0.3, 0.4) is 0 Å². The highest BCUT2D eigenvalue weighted by Crippen LogP contribution is 2.10. The average molecular weight is 153 g/mol. The summed E-state index contributed by atoms with van der Waals surface area (Å²) in [6, 6.07) is 5.43. The molecule has 0 saturated carbocycles. The number of halogens is 1. The van der Waals surface area contributed by atoms with Crippen LogP contribution >= 0.6 is 0 Å². The normalized spacial score (nSPS) is 10.1. The molecule has 0 aliphatic carbocycles. The van der Waals surface area contributed by atoms with Gasteiger partial charge in [-0.25, -0.2) is 4.39 Å². The molecule has 0 radical (unpaired) electrons. The van der Waals surface area contributed by atoms with Crippen molar-refractivity contribution in [2.75, 3.05) is 7.05 Å². The van der Waals surface area contributed by atoms with Gasteiger partial charge in [-0.1, -0.05) is 18.2 Å². The predicted molar refractivity (Wildman–Crippen MR) is 43.9 cm³/mol. The predicted octanol–water partition coefficient (Wildman–Crippen LogP) is 1.85. The van der Waals surface area contributed by atoms with Gasteiger partial charge in [0.05, 0.1) is 0 Å². The van der Waals surface area contributed by atoms with Gasteiger partial charge in [-0.2, -0.15) is 0 Å². The molecule has 2 heteroatoms. The Morgan fingerprint density at radius 2 is 2.18 bits per heavy atom. The topological polar surface area (TPSA) is 12.0 Å². The molecule has 0 unspecified atom stereocenters. The first kappa shape index (κ1) is 8.21. The van der Waals surface area contributed by atoms with Crippen LogP contribution in [0.25, 0.3) is 0 Å². The Bertz CT molecular complexity index is 245. The molecule has 0 bridgehead atoms. The zero-order valence-electron chi connectivity index (χ0n) is 6.82. The van der Waals surface area contributed by atoms with Gasteiger partial charge in [-0.05, 0) is 19.5 Å². The van der Waals surface area contributed by atoms with Gasteiger partial charge in [0.1, 0.15) is 5.82 Å². The largest absolute Gasteiger partial charge is 0.316 e. The summed E-state index contributed by atoms with van der Waals surface area (Å²) in [5.74, 6) is -0.0955. The number of aryl methyl sites for hydroxylation is 1. The molecule has 11 heavy (non-hydrogen) atoms. The van der Waals surface area contributed by atoms with E-state index in [0.717, 1.165) is 5.56 Å². The zero-order chi connectivity index (χ0) is 8.27. The Labute approximate surface area is 66.2 Å². The fourth-order valence-electron chi connectivity index (χ4n) is 1.04. The fourth-order valence-corrected chi connectivity index (χ4v) is 1.04. The second kappa shape index (κ2) is 3.49. The molecule has 0 aliphatic heterocycles. The van der Waals surface area contributed by atoms with E-state index in [1.54, 1.807) is 19.1 Å². The van der Waals surface area contributed by atoms with E-state index in [1.807, 2.05) is 13.1 Å². The summed E-state index contributed by atoms with van der Waals surface area (Å²) in [6.07, 6.45) is 0. The molecule has 0 atom stereocenters. The van der Waals surface area contributed by atoms with E-state index in [1.165, 1.54) is 0 Å². The van der Waals surface area contributed by atoms with E-state index in [-0.39, 0.29) is 5.82 Å². The lowest BCUT2D eigenvalue weighted by molar-refractivity contribution is 0.592. The first-order valence-electron chi connectivity index (χ1n) is 3.64. The molecule has 0 saturated heterocycles. The minimum Gasteiger partial charge on any atom is -0.316 e. The Morgan fingerprint density at radius 3 is 2.82 bits per heavy atom. The fraction of sp³-hybridized carbons (Fsp3) is 0.333. The van der Waals surface area contributed by atoms with Gasteiger partial charge in [0.15, 0.2) is 0 Å². The van der Waals surface area contributed by atoms with E-state index in [2.05, 4.69) is 5.32 Å².